The number of amides is 1. The lowest BCUT2D eigenvalue weighted by molar-refractivity contribution is 0.0766. The molecule has 0 aliphatic heterocycles. The van der Waals surface area contributed by atoms with E-state index in [0.717, 1.165) is 22.0 Å². The largest absolute Gasteiger partial charge is 0.336 e. The highest BCUT2D eigenvalue weighted by molar-refractivity contribution is 7.13. The van der Waals surface area contributed by atoms with Gasteiger partial charge in [0.2, 0.25) is 0 Å². The highest BCUT2D eigenvalue weighted by Gasteiger charge is 2.25. The monoisotopic (exact) mass is 429 g/mol. The third-order valence-electron chi connectivity index (χ3n) is 4.91. The summed E-state index contributed by atoms with van der Waals surface area (Å²) in [5, 5.41) is 1.15. The first kappa shape index (κ1) is 23.9. The number of nitrogens with zero attached hydrogens (tertiary/aromatic N) is 2. The Balaban J connectivity index is 0.00000182. The van der Waals surface area contributed by atoms with Gasteiger partial charge in [-0.1, -0.05) is 43.2 Å². The third-order valence-corrected chi connectivity index (χ3v) is 6.22. The van der Waals surface area contributed by atoms with Gasteiger partial charge in [0.25, 0.3) is 5.91 Å². The van der Waals surface area contributed by atoms with E-state index in [-0.39, 0.29) is 30.7 Å². The Morgan fingerprint density at radius 1 is 1.19 bits per heavy atom. The Morgan fingerprint density at radius 2 is 1.85 bits per heavy atom. The number of nitrogens with two attached hydrogens (primary N) is 1. The van der Waals surface area contributed by atoms with E-state index >= 15 is 0 Å². The molecule has 4 nitrogen and oxygen atoms in total. The van der Waals surface area contributed by atoms with Crippen LogP contribution in [0.3, 0.4) is 0 Å². The van der Waals surface area contributed by atoms with Crippen molar-refractivity contribution in [2.24, 2.45) is 5.73 Å². The Labute approximate surface area is 178 Å². The van der Waals surface area contributed by atoms with Gasteiger partial charge in [0.15, 0.2) is 0 Å². The van der Waals surface area contributed by atoms with Crippen molar-refractivity contribution in [2.75, 3.05) is 19.6 Å². The summed E-state index contributed by atoms with van der Waals surface area (Å²) in [4.78, 5) is 20.4. The molecule has 1 aromatic carbocycles. The summed E-state index contributed by atoms with van der Waals surface area (Å²) in [6.07, 6.45) is 5.83. The first-order valence-electron chi connectivity index (χ1n) is 9.19. The highest BCUT2D eigenvalue weighted by Crippen LogP contribution is 2.37. The van der Waals surface area contributed by atoms with Gasteiger partial charge in [0, 0.05) is 25.6 Å². The van der Waals surface area contributed by atoms with Crippen LogP contribution in [0.5, 0.6) is 0 Å². The van der Waals surface area contributed by atoms with Crippen molar-refractivity contribution in [3.63, 3.8) is 0 Å². The number of aromatic nitrogens is 1. The zero-order valence-corrected chi connectivity index (χ0v) is 18.2. The minimum atomic E-state index is 0. The molecule has 3 rings (SSSR count). The molecule has 0 atom stereocenters. The second-order valence-electron chi connectivity index (χ2n) is 6.76. The van der Waals surface area contributed by atoms with Gasteiger partial charge in [-0.05, 0) is 31.7 Å². The van der Waals surface area contributed by atoms with Gasteiger partial charge >= 0.3 is 0 Å². The van der Waals surface area contributed by atoms with Crippen molar-refractivity contribution < 1.29 is 4.79 Å². The van der Waals surface area contributed by atoms with Crippen LogP contribution in [0.2, 0.25) is 0 Å². The molecule has 2 aromatic rings. The molecule has 1 aromatic heterocycles. The summed E-state index contributed by atoms with van der Waals surface area (Å²) in [6, 6.07) is 10.3. The number of aryl methyl sites for hydroxylation is 1. The lowest BCUT2D eigenvalue weighted by Gasteiger charge is -2.21. The third kappa shape index (κ3) is 6.18. The quantitative estimate of drug-likeness (QED) is 0.699. The van der Waals surface area contributed by atoms with Crippen molar-refractivity contribution in [2.45, 2.75) is 44.9 Å². The highest BCUT2D eigenvalue weighted by atomic mass is 35.5. The van der Waals surface area contributed by atoms with Gasteiger partial charge in [0.1, 0.15) is 4.88 Å². The molecule has 7 heteroatoms. The van der Waals surface area contributed by atoms with E-state index in [1.54, 1.807) is 11.3 Å². The molecule has 1 aliphatic carbocycles. The number of benzene rings is 1. The topological polar surface area (TPSA) is 59.2 Å². The van der Waals surface area contributed by atoms with E-state index in [1.807, 2.05) is 30.0 Å². The Morgan fingerprint density at radius 3 is 2.48 bits per heavy atom. The molecular weight excluding hydrogens is 401 g/mol. The molecule has 0 unspecified atom stereocenters. The average Bonchev–Trinajstić information content (AvgIpc) is 3.28. The fourth-order valence-electron chi connectivity index (χ4n) is 3.49. The van der Waals surface area contributed by atoms with E-state index in [1.165, 1.54) is 31.2 Å². The number of halogens is 2. The predicted octanol–water partition coefficient (Wildman–Crippen LogP) is 4.60. The van der Waals surface area contributed by atoms with Crippen LogP contribution >= 0.6 is 36.2 Å². The molecule has 1 fully saturated rings. The fourth-order valence-corrected chi connectivity index (χ4v) is 4.69. The number of carbonyl (C=O) groups is 1. The van der Waals surface area contributed by atoms with E-state index in [4.69, 9.17) is 10.7 Å². The van der Waals surface area contributed by atoms with Crippen molar-refractivity contribution >= 4 is 42.1 Å². The van der Waals surface area contributed by atoms with Gasteiger partial charge < -0.3 is 10.6 Å². The molecule has 1 amide bonds. The molecule has 27 heavy (non-hydrogen) atoms. The first-order chi connectivity index (χ1) is 12.2. The summed E-state index contributed by atoms with van der Waals surface area (Å²) >= 11 is 1.60. The summed E-state index contributed by atoms with van der Waals surface area (Å²) < 4.78 is 0. The summed E-state index contributed by atoms with van der Waals surface area (Å²) in [6.45, 7) is 3.71. The number of rotatable bonds is 7. The van der Waals surface area contributed by atoms with Crippen LogP contribution in [0.1, 0.15) is 57.5 Å². The van der Waals surface area contributed by atoms with Gasteiger partial charge in [-0.25, -0.2) is 4.98 Å². The zero-order valence-electron chi connectivity index (χ0n) is 15.7. The summed E-state index contributed by atoms with van der Waals surface area (Å²) in [7, 11) is 0. The Kier molecular flexibility index (Phi) is 10.3. The maximum Gasteiger partial charge on any atom is 0.265 e. The van der Waals surface area contributed by atoms with Crippen molar-refractivity contribution in [3.05, 3.63) is 51.5 Å². The number of hydrogen-bond acceptors (Lipinski definition) is 4. The number of hydrogen-bond donors (Lipinski definition) is 1. The van der Waals surface area contributed by atoms with Crippen LogP contribution in [0, 0.1) is 6.92 Å². The van der Waals surface area contributed by atoms with Crippen LogP contribution < -0.4 is 5.73 Å². The predicted molar refractivity (Wildman–Crippen MR) is 118 cm³/mol. The van der Waals surface area contributed by atoms with Gasteiger partial charge in [-0.15, -0.1) is 36.2 Å². The Bertz CT molecular complexity index is 703. The second-order valence-corrected chi connectivity index (χ2v) is 7.80. The number of thiazole rings is 1. The molecule has 2 N–H and O–H groups in total. The van der Waals surface area contributed by atoms with E-state index < -0.39 is 0 Å². The lowest BCUT2D eigenvalue weighted by Crippen LogP contribution is -2.36. The minimum absolute atomic E-state index is 0. The molecule has 1 heterocycles. The second kappa shape index (κ2) is 11.6. The van der Waals surface area contributed by atoms with Crippen molar-refractivity contribution in [3.8, 4) is 0 Å². The van der Waals surface area contributed by atoms with Crippen LogP contribution in [-0.2, 0) is 6.42 Å². The van der Waals surface area contributed by atoms with Crippen LogP contribution in [0.15, 0.2) is 30.3 Å². The summed E-state index contributed by atoms with van der Waals surface area (Å²) in [5.41, 5.74) is 7.87. The van der Waals surface area contributed by atoms with E-state index in [9.17, 15) is 4.79 Å². The molecule has 1 saturated carbocycles. The molecule has 0 radical (unpaired) electrons. The zero-order chi connectivity index (χ0) is 17.6. The van der Waals surface area contributed by atoms with Gasteiger partial charge in [0.05, 0.1) is 10.7 Å². The van der Waals surface area contributed by atoms with Gasteiger partial charge in [-0.3, -0.25) is 4.79 Å². The Hall–Kier alpha value is -1.14. The van der Waals surface area contributed by atoms with Gasteiger partial charge in [-0.2, -0.15) is 0 Å². The fraction of sp³-hybridized carbons (Fsp3) is 0.500. The van der Waals surface area contributed by atoms with Crippen molar-refractivity contribution in [1.82, 2.24) is 9.88 Å². The summed E-state index contributed by atoms with van der Waals surface area (Å²) in [5.74, 6) is 0.637. The molecule has 0 saturated heterocycles. The standard InChI is InChI=1S/C20H27N3OS.2ClH/c1-15-18(25-19(22-15)17-9-5-6-10-17)20(24)23(14-12-21)13-11-16-7-3-2-4-8-16;;/h2-4,7-8,17H,5-6,9-14,21H2,1H3;2*1H. The van der Waals surface area contributed by atoms with E-state index in [0.29, 0.717) is 25.6 Å². The van der Waals surface area contributed by atoms with Crippen LogP contribution in [0.25, 0.3) is 0 Å². The van der Waals surface area contributed by atoms with Crippen LogP contribution in [-0.4, -0.2) is 35.4 Å². The molecule has 0 spiro atoms. The maximum atomic E-state index is 13.0. The molecule has 150 valence electrons. The molecule has 1 aliphatic rings. The average molecular weight is 430 g/mol. The van der Waals surface area contributed by atoms with E-state index in [2.05, 4.69) is 12.1 Å². The lowest BCUT2D eigenvalue weighted by atomic mass is 10.1. The van der Waals surface area contributed by atoms with Crippen LogP contribution in [0.4, 0.5) is 0 Å². The number of carbonyl (C=O) groups excluding carboxylic acids is 1. The SMILES string of the molecule is Cc1nc(C2CCCC2)sc1C(=O)N(CCN)CCc1ccccc1.Cl.Cl. The maximum absolute atomic E-state index is 13.0. The molecule has 0 bridgehead atoms. The van der Waals surface area contributed by atoms with Crippen molar-refractivity contribution in [1.29, 1.82) is 0 Å². The molecular formula is C20H29Cl2N3OS. The minimum Gasteiger partial charge on any atom is -0.336 e. The normalized spacial score (nSPS) is 13.7. The first-order valence-corrected chi connectivity index (χ1v) is 10.0. The smallest absolute Gasteiger partial charge is 0.265 e.